The van der Waals surface area contributed by atoms with Gasteiger partial charge in [-0.15, -0.1) is 0 Å². The van der Waals surface area contributed by atoms with Gasteiger partial charge in [0.1, 0.15) is 33.8 Å². The molecule has 4 nitrogen and oxygen atoms in total. The number of rotatable bonds is 4. The van der Waals surface area contributed by atoms with Crippen LogP contribution in [0, 0.1) is 0 Å². The highest BCUT2D eigenvalue weighted by molar-refractivity contribution is 6.16. The van der Waals surface area contributed by atoms with Gasteiger partial charge in [0.05, 0.1) is 22.2 Å². The van der Waals surface area contributed by atoms with Crippen molar-refractivity contribution in [2.24, 2.45) is 0 Å². The molecule has 1 aliphatic heterocycles. The number of para-hydroxylation sites is 4. The van der Waals surface area contributed by atoms with Gasteiger partial charge in [-0.1, -0.05) is 133 Å². The fourth-order valence-electron chi connectivity index (χ4n) is 10.1. The fraction of sp³-hybridized carbons (Fsp3) is 0.0182. The van der Waals surface area contributed by atoms with E-state index < -0.39 is 5.41 Å². The van der Waals surface area contributed by atoms with Crippen molar-refractivity contribution in [3.05, 3.63) is 222 Å². The first-order valence-corrected chi connectivity index (χ1v) is 20.1. The second kappa shape index (κ2) is 12.1. The molecule has 13 rings (SSSR count). The van der Waals surface area contributed by atoms with Crippen molar-refractivity contribution in [3.63, 3.8) is 0 Å². The highest BCUT2D eigenvalue weighted by atomic mass is 16.5. The maximum Gasteiger partial charge on any atom is 0.137 e. The zero-order chi connectivity index (χ0) is 38.7. The lowest BCUT2D eigenvalue weighted by atomic mass is 9.66. The highest BCUT2D eigenvalue weighted by Gasteiger charge is 2.51. The molecule has 1 spiro atoms. The average Bonchev–Trinajstić information content (AvgIpc) is 3.94. The smallest absolute Gasteiger partial charge is 0.137 e. The van der Waals surface area contributed by atoms with Crippen LogP contribution in [0.15, 0.2) is 209 Å². The van der Waals surface area contributed by atoms with E-state index in [0.29, 0.717) is 0 Å². The zero-order valence-electron chi connectivity index (χ0n) is 31.7. The molecule has 3 heterocycles. The van der Waals surface area contributed by atoms with E-state index >= 15 is 0 Å². The molecule has 2 aromatic heterocycles. The van der Waals surface area contributed by atoms with Gasteiger partial charge in [-0.3, -0.25) is 0 Å². The molecule has 2 aliphatic rings. The molecular formula is C55H33NO3. The van der Waals surface area contributed by atoms with E-state index in [1.54, 1.807) is 0 Å². The van der Waals surface area contributed by atoms with Crippen molar-refractivity contribution in [2.45, 2.75) is 5.41 Å². The van der Waals surface area contributed by atoms with Crippen molar-refractivity contribution in [2.75, 3.05) is 4.90 Å². The maximum absolute atomic E-state index is 7.00. The number of hydrogen-bond acceptors (Lipinski definition) is 4. The molecule has 0 radical (unpaired) electrons. The van der Waals surface area contributed by atoms with Gasteiger partial charge in [0, 0.05) is 44.6 Å². The Balaban J connectivity index is 1.11. The number of nitrogens with zero attached hydrogens (tertiary/aromatic N) is 1. The molecule has 0 unspecified atom stereocenters. The van der Waals surface area contributed by atoms with Crippen molar-refractivity contribution in [1.82, 2.24) is 0 Å². The van der Waals surface area contributed by atoms with E-state index in [2.05, 4.69) is 193 Å². The second-order valence-corrected chi connectivity index (χ2v) is 15.5. The molecule has 0 N–H and O–H groups in total. The first kappa shape index (κ1) is 32.3. The molecule has 0 fully saturated rings. The van der Waals surface area contributed by atoms with Crippen molar-refractivity contribution < 1.29 is 13.6 Å². The summed E-state index contributed by atoms with van der Waals surface area (Å²) in [5, 5.41) is 4.30. The Morgan fingerprint density at radius 3 is 1.80 bits per heavy atom. The summed E-state index contributed by atoms with van der Waals surface area (Å²) in [7, 11) is 0. The van der Waals surface area contributed by atoms with Crippen LogP contribution in [0.25, 0.3) is 66.1 Å². The molecule has 0 saturated heterocycles. The standard InChI is InChI=1S/C55H33NO3/c1-2-15-34(16-3-1)36-17-5-10-23-46(36)56(35-29-30-39-38-19-6-11-25-48(38)57-52(39)31-35)47-24-14-28-51-54(47)41-32-40-37-18-4-7-20-42(37)55(45(40)33-53(41)59-51)43-21-8-12-26-49(43)58-50-27-13-9-22-44(50)55/h1-33H. The molecule has 0 saturated carbocycles. The Kier molecular flexibility index (Phi) is 6.62. The van der Waals surface area contributed by atoms with Gasteiger partial charge in [0.2, 0.25) is 0 Å². The number of hydrogen-bond donors (Lipinski definition) is 0. The fourth-order valence-corrected chi connectivity index (χ4v) is 10.1. The van der Waals surface area contributed by atoms with E-state index in [9.17, 15) is 0 Å². The molecule has 11 aromatic rings. The van der Waals surface area contributed by atoms with Gasteiger partial charge in [-0.05, 0) is 88.5 Å². The summed E-state index contributed by atoms with van der Waals surface area (Å²) in [6, 6.07) is 71.0. The Labute approximate surface area is 339 Å². The molecule has 9 aromatic carbocycles. The second-order valence-electron chi connectivity index (χ2n) is 15.5. The minimum Gasteiger partial charge on any atom is -0.457 e. The maximum atomic E-state index is 7.00. The van der Waals surface area contributed by atoms with E-state index in [4.69, 9.17) is 13.6 Å². The summed E-state index contributed by atoms with van der Waals surface area (Å²) < 4.78 is 20.1. The van der Waals surface area contributed by atoms with E-state index in [-0.39, 0.29) is 0 Å². The van der Waals surface area contributed by atoms with Crippen molar-refractivity contribution in [1.29, 1.82) is 0 Å². The van der Waals surface area contributed by atoms with Crippen LogP contribution in [-0.4, -0.2) is 0 Å². The van der Waals surface area contributed by atoms with Crippen molar-refractivity contribution in [3.8, 4) is 33.8 Å². The molecule has 1 aliphatic carbocycles. The van der Waals surface area contributed by atoms with E-state index in [0.717, 1.165) is 94.7 Å². The average molecular weight is 756 g/mol. The van der Waals surface area contributed by atoms with Crippen LogP contribution in [-0.2, 0) is 5.41 Å². The summed E-state index contributed by atoms with van der Waals surface area (Å²) >= 11 is 0. The summed E-state index contributed by atoms with van der Waals surface area (Å²) in [6.45, 7) is 0. The summed E-state index contributed by atoms with van der Waals surface area (Å²) in [4.78, 5) is 2.37. The van der Waals surface area contributed by atoms with E-state index in [1.165, 1.54) is 22.3 Å². The minimum absolute atomic E-state index is 0.587. The van der Waals surface area contributed by atoms with Crippen LogP contribution >= 0.6 is 0 Å². The van der Waals surface area contributed by atoms with Crippen molar-refractivity contribution >= 4 is 60.9 Å². The predicted octanol–water partition coefficient (Wildman–Crippen LogP) is 15.1. The Bertz CT molecular complexity index is 3460. The molecule has 0 amide bonds. The van der Waals surface area contributed by atoms with Crippen LogP contribution in [0.2, 0.25) is 0 Å². The first-order valence-electron chi connectivity index (χ1n) is 20.1. The third kappa shape index (κ3) is 4.43. The quantitative estimate of drug-likeness (QED) is 0.179. The molecular weight excluding hydrogens is 723 g/mol. The Hall–Kier alpha value is -7.82. The van der Waals surface area contributed by atoms with Gasteiger partial charge < -0.3 is 18.5 Å². The summed E-state index contributed by atoms with van der Waals surface area (Å²) in [5.41, 5.74) is 15.2. The lowest BCUT2D eigenvalue weighted by molar-refractivity contribution is 0.436. The molecule has 0 atom stereocenters. The number of anilines is 3. The lowest BCUT2D eigenvalue weighted by Crippen LogP contribution is -2.32. The van der Waals surface area contributed by atoms with Crippen LogP contribution in [0.3, 0.4) is 0 Å². The first-order chi connectivity index (χ1) is 29.3. The third-order valence-electron chi connectivity index (χ3n) is 12.5. The number of fused-ring (bicyclic) bond motifs is 15. The minimum atomic E-state index is -0.587. The number of benzene rings is 9. The third-order valence-corrected chi connectivity index (χ3v) is 12.5. The van der Waals surface area contributed by atoms with Crippen LogP contribution < -0.4 is 9.64 Å². The normalized spacial score (nSPS) is 13.4. The van der Waals surface area contributed by atoms with Crippen LogP contribution in [0.1, 0.15) is 22.3 Å². The molecule has 4 heteroatoms. The number of furan rings is 2. The molecule has 0 bridgehead atoms. The number of ether oxygens (including phenoxy) is 1. The zero-order valence-corrected chi connectivity index (χ0v) is 31.7. The lowest BCUT2D eigenvalue weighted by Gasteiger charge is -2.39. The predicted molar refractivity (Wildman–Crippen MR) is 238 cm³/mol. The summed E-state index contributed by atoms with van der Waals surface area (Å²) in [5.74, 6) is 1.74. The van der Waals surface area contributed by atoms with Gasteiger partial charge in [0.15, 0.2) is 0 Å². The van der Waals surface area contributed by atoms with Gasteiger partial charge in [-0.2, -0.15) is 0 Å². The van der Waals surface area contributed by atoms with E-state index in [1.807, 2.05) is 12.1 Å². The van der Waals surface area contributed by atoms with Crippen LogP contribution in [0.5, 0.6) is 11.5 Å². The largest absolute Gasteiger partial charge is 0.457 e. The van der Waals surface area contributed by atoms with Gasteiger partial charge in [-0.25, -0.2) is 0 Å². The SMILES string of the molecule is c1ccc(-c2ccccc2N(c2ccc3c(c2)oc2ccccc23)c2cccc3oc4cc5c(cc4c23)-c2ccccc2C52c3ccccc3Oc3ccccc32)cc1. The highest BCUT2D eigenvalue weighted by Crippen LogP contribution is 2.63. The molecule has 59 heavy (non-hydrogen) atoms. The van der Waals surface area contributed by atoms with Gasteiger partial charge >= 0.3 is 0 Å². The Morgan fingerprint density at radius 1 is 0.356 bits per heavy atom. The summed E-state index contributed by atoms with van der Waals surface area (Å²) in [6.07, 6.45) is 0. The molecule has 276 valence electrons. The Morgan fingerprint density at radius 2 is 0.966 bits per heavy atom. The monoisotopic (exact) mass is 755 g/mol. The van der Waals surface area contributed by atoms with Crippen LogP contribution in [0.4, 0.5) is 17.1 Å². The van der Waals surface area contributed by atoms with Gasteiger partial charge in [0.25, 0.3) is 0 Å². The topological polar surface area (TPSA) is 38.8 Å².